The van der Waals surface area contributed by atoms with Gasteiger partial charge in [0.2, 0.25) is 0 Å². The van der Waals surface area contributed by atoms with Gasteiger partial charge < -0.3 is 34.8 Å². The molecule has 1 fully saturated rings. The zero-order valence-electron chi connectivity index (χ0n) is 21.1. The van der Waals surface area contributed by atoms with Crippen LogP contribution in [0.25, 0.3) is 0 Å². The first-order valence-electron chi connectivity index (χ1n) is 11.5. The first-order valence-corrected chi connectivity index (χ1v) is 13.0. The molecule has 1 atom stereocenters. The number of anilines is 1. The highest BCUT2D eigenvalue weighted by Gasteiger charge is 2.33. The minimum atomic E-state index is -0.685. The maximum Gasteiger partial charge on any atom is 0.351 e. The van der Waals surface area contributed by atoms with Gasteiger partial charge in [0, 0.05) is 25.9 Å². The summed E-state index contributed by atoms with van der Waals surface area (Å²) in [5, 5.41) is 10.5. The molecule has 3 heterocycles. The summed E-state index contributed by atoms with van der Waals surface area (Å²) in [6.07, 6.45) is 1.87. The number of rotatable bonds is 11. The highest BCUT2D eigenvalue weighted by molar-refractivity contribution is 7.17. The number of carbonyl (C=O) groups is 3. The van der Waals surface area contributed by atoms with Crippen molar-refractivity contribution < 1.29 is 28.7 Å². The van der Waals surface area contributed by atoms with Gasteiger partial charge in [0.15, 0.2) is 10.8 Å². The lowest BCUT2D eigenvalue weighted by atomic mass is 10.0. The van der Waals surface area contributed by atoms with Crippen molar-refractivity contribution in [2.75, 3.05) is 52.0 Å². The van der Waals surface area contributed by atoms with E-state index in [1.807, 2.05) is 4.90 Å². The lowest BCUT2D eigenvalue weighted by Crippen LogP contribution is -2.52. The predicted molar refractivity (Wildman–Crippen MR) is 145 cm³/mol. The molecule has 2 aromatic rings. The van der Waals surface area contributed by atoms with E-state index in [9.17, 15) is 14.4 Å². The number of nitrogens with zero attached hydrogens (tertiary/aromatic N) is 3. The number of amides is 2. The van der Waals surface area contributed by atoms with E-state index < -0.39 is 23.8 Å². The van der Waals surface area contributed by atoms with Gasteiger partial charge in [-0.05, 0) is 13.3 Å². The highest BCUT2D eigenvalue weighted by Crippen LogP contribution is 2.31. The number of methoxy groups -OCH3 is 1. The normalized spacial score (nSPS) is 16.3. The summed E-state index contributed by atoms with van der Waals surface area (Å²) in [6.45, 7) is 6.43. The predicted octanol–water partition coefficient (Wildman–Crippen LogP) is 2.82. The van der Waals surface area contributed by atoms with Crippen LogP contribution >= 0.6 is 34.5 Å². The summed E-state index contributed by atoms with van der Waals surface area (Å²) in [5.41, 5.74) is 1.19. The molecule has 1 aliphatic rings. The van der Waals surface area contributed by atoms with Gasteiger partial charge in [0.25, 0.3) is 11.8 Å². The molecule has 2 aromatic heterocycles. The van der Waals surface area contributed by atoms with E-state index in [2.05, 4.69) is 32.3 Å². The molecule has 0 saturated carbocycles. The van der Waals surface area contributed by atoms with Gasteiger partial charge >= 0.3 is 5.97 Å². The summed E-state index contributed by atoms with van der Waals surface area (Å²) in [4.78, 5) is 52.5. The van der Waals surface area contributed by atoms with Gasteiger partial charge in [-0.3, -0.25) is 9.59 Å². The van der Waals surface area contributed by atoms with E-state index in [0.29, 0.717) is 36.1 Å². The van der Waals surface area contributed by atoms with Crippen LogP contribution in [0.15, 0.2) is 17.8 Å². The Morgan fingerprint density at radius 3 is 2.68 bits per heavy atom. The molecule has 12 nitrogen and oxygen atoms in total. The van der Waals surface area contributed by atoms with Gasteiger partial charge in [-0.1, -0.05) is 52.3 Å². The number of hydrogen-bond acceptors (Lipinski definition) is 10. The maximum absolute atomic E-state index is 12.9. The first kappa shape index (κ1) is 29.4. The molecule has 1 saturated heterocycles. The van der Waals surface area contributed by atoms with Crippen LogP contribution in [0.4, 0.5) is 5.13 Å². The Balaban J connectivity index is 1.81. The SMILES string of the molecule is C=CCOC(=O)c1sc(N2CCC(NC(=O)c3[nH]c(C)c(Cl)c3Cl)C(=NOC)C2)nc1C(=O)NCCOC. The van der Waals surface area contributed by atoms with Crippen LogP contribution in [0.3, 0.4) is 0 Å². The highest BCUT2D eigenvalue weighted by atomic mass is 35.5. The molecule has 3 N–H and O–H groups in total. The summed E-state index contributed by atoms with van der Waals surface area (Å²) >= 11 is 13.3. The number of nitrogens with one attached hydrogen (secondary N) is 3. The number of hydrogen-bond donors (Lipinski definition) is 3. The number of aryl methyl sites for hydroxylation is 1. The van der Waals surface area contributed by atoms with E-state index in [-0.39, 0.29) is 46.0 Å². The molecule has 2 amide bonds. The third-order valence-electron chi connectivity index (χ3n) is 5.45. The van der Waals surface area contributed by atoms with E-state index in [4.69, 9.17) is 37.5 Å². The van der Waals surface area contributed by atoms with Crippen LogP contribution in [-0.4, -0.2) is 86.6 Å². The van der Waals surface area contributed by atoms with Crippen molar-refractivity contribution in [1.29, 1.82) is 0 Å². The maximum atomic E-state index is 12.9. The molecule has 15 heteroatoms. The Kier molecular flexibility index (Phi) is 10.5. The molecule has 0 radical (unpaired) electrons. The molecular weight excluding hydrogens is 559 g/mol. The van der Waals surface area contributed by atoms with Gasteiger partial charge in [0.1, 0.15) is 24.3 Å². The van der Waals surface area contributed by atoms with Crippen molar-refractivity contribution in [1.82, 2.24) is 20.6 Å². The molecule has 0 aliphatic carbocycles. The van der Waals surface area contributed by atoms with Crippen molar-refractivity contribution in [3.05, 3.63) is 44.7 Å². The third-order valence-corrected chi connectivity index (χ3v) is 7.49. The van der Waals surface area contributed by atoms with Crippen molar-refractivity contribution in [2.24, 2.45) is 5.16 Å². The summed E-state index contributed by atoms with van der Waals surface area (Å²) in [7, 11) is 2.91. The molecule has 3 rings (SSSR count). The molecule has 0 bridgehead atoms. The monoisotopic (exact) mass is 586 g/mol. The van der Waals surface area contributed by atoms with E-state index >= 15 is 0 Å². The summed E-state index contributed by atoms with van der Waals surface area (Å²) < 4.78 is 10.1. The van der Waals surface area contributed by atoms with Crippen LogP contribution in [0, 0.1) is 6.92 Å². The number of ether oxygens (including phenoxy) is 2. The van der Waals surface area contributed by atoms with Gasteiger partial charge in [0.05, 0.1) is 35.0 Å². The van der Waals surface area contributed by atoms with Gasteiger partial charge in [-0.2, -0.15) is 0 Å². The molecule has 1 aliphatic heterocycles. The molecule has 0 aromatic carbocycles. The average molecular weight is 587 g/mol. The molecule has 206 valence electrons. The number of aromatic amines is 1. The second-order valence-corrected chi connectivity index (χ2v) is 9.80. The Hall–Kier alpha value is -3.13. The Bertz CT molecular complexity index is 1230. The van der Waals surface area contributed by atoms with Gasteiger partial charge in [-0.15, -0.1) is 0 Å². The lowest BCUT2D eigenvalue weighted by Gasteiger charge is -2.32. The molecule has 0 spiro atoms. The minimum Gasteiger partial charge on any atom is -0.457 e. The number of aromatic nitrogens is 2. The van der Waals surface area contributed by atoms with Crippen LogP contribution in [0.1, 0.15) is 42.8 Å². The number of thiazole rings is 1. The largest absolute Gasteiger partial charge is 0.457 e. The van der Waals surface area contributed by atoms with Crippen molar-refractivity contribution in [2.45, 2.75) is 19.4 Å². The zero-order chi connectivity index (χ0) is 27.8. The van der Waals surface area contributed by atoms with E-state index in [0.717, 1.165) is 11.3 Å². The fraction of sp³-hybridized carbons (Fsp3) is 0.435. The lowest BCUT2D eigenvalue weighted by molar-refractivity contribution is 0.0551. The standard InChI is InChI=1S/C23H28Cl2N6O6S/c1-5-9-37-22(34)19-18(20(32)26-7-10-35-3)29-23(38-19)31-8-6-13(14(11-31)30-36-4)28-21(33)17-16(25)15(24)12(2)27-17/h5,13,27H,1,6-11H2,2-4H3,(H,26,32)(H,28,33). The Labute approximate surface area is 233 Å². The quantitative estimate of drug-likeness (QED) is 0.157. The summed E-state index contributed by atoms with van der Waals surface area (Å²) in [6, 6.07) is -0.467. The number of halogens is 2. The molecular formula is C23H28Cl2N6O6S. The van der Waals surface area contributed by atoms with E-state index in [1.54, 1.807) is 6.92 Å². The topological polar surface area (TPSA) is 147 Å². The number of H-pyrrole nitrogens is 1. The van der Waals surface area contributed by atoms with Crippen molar-refractivity contribution in [3.63, 3.8) is 0 Å². The Morgan fingerprint density at radius 2 is 2.05 bits per heavy atom. The number of oxime groups is 1. The van der Waals surface area contributed by atoms with Gasteiger partial charge in [-0.25, -0.2) is 9.78 Å². The third kappa shape index (κ3) is 6.84. The Morgan fingerprint density at radius 1 is 1.29 bits per heavy atom. The second-order valence-electron chi connectivity index (χ2n) is 8.06. The van der Waals surface area contributed by atoms with Crippen LogP contribution in [0.5, 0.6) is 0 Å². The van der Waals surface area contributed by atoms with E-state index in [1.165, 1.54) is 20.3 Å². The van der Waals surface area contributed by atoms with Crippen LogP contribution in [0.2, 0.25) is 10.0 Å². The molecule has 38 heavy (non-hydrogen) atoms. The number of piperidine rings is 1. The smallest absolute Gasteiger partial charge is 0.351 e. The number of carbonyl (C=O) groups excluding carboxylic acids is 3. The number of esters is 1. The minimum absolute atomic E-state index is 0.0118. The zero-order valence-corrected chi connectivity index (χ0v) is 23.4. The van der Waals surface area contributed by atoms with Crippen LogP contribution < -0.4 is 15.5 Å². The van der Waals surface area contributed by atoms with Crippen molar-refractivity contribution >= 4 is 63.2 Å². The molecule has 1 unspecified atom stereocenters. The second kappa shape index (κ2) is 13.6. The fourth-order valence-corrected chi connectivity index (χ4v) is 5.01. The van der Waals surface area contributed by atoms with Crippen LogP contribution in [-0.2, 0) is 14.3 Å². The first-order chi connectivity index (χ1) is 18.2. The average Bonchev–Trinajstić information content (AvgIpc) is 3.46. The summed E-state index contributed by atoms with van der Waals surface area (Å²) in [5.74, 6) is -1.65. The van der Waals surface area contributed by atoms with Crippen molar-refractivity contribution in [3.8, 4) is 0 Å². The fourth-order valence-electron chi connectivity index (χ4n) is 3.61.